The maximum absolute atomic E-state index is 5.40. The Morgan fingerprint density at radius 3 is 3.00 bits per heavy atom. The monoisotopic (exact) mass is 394 g/mol. The van der Waals surface area contributed by atoms with Crippen LogP contribution in [0.5, 0.6) is 0 Å². The fraction of sp³-hybridized carbons (Fsp3) is 0.714. The number of rotatable bonds is 1. The van der Waals surface area contributed by atoms with Crippen LogP contribution in [0.1, 0.15) is 6.42 Å². The van der Waals surface area contributed by atoms with E-state index in [-0.39, 0.29) is 17.6 Å². The molecule has 0 aliphatic carbocycles. The molecule has 0 aromatic carbocycles. The summed E-state index contributed by atoms with van der Waals surface area (Å²) in [6.07, 6.45) is 1.19. The van der Waals surface area contributed by atoms with E-state index < -0.39 is 0 Å². The molecule has 0 bridgehead atoms. The Kier molecular flexibility index (Phi) is 5.50. The molecule has 0 aromatic rings. The number of hydrogen-bond acceptors (Lipinski definition) is 2. The van der Waals surface area contributed by atoms with E-state index in [9.17, 15) is 0 Å². The van der Waals surface area contributed by atoms with Gasteiger partial charge in [0.25, 0.3) is 0 Å². The molecule has 0 fully saturated rings. The zero-order valence-corrected chi connectivity index (χ0v) is 13.0. The van der Waals surface area contributed by atoms with Crippen LogP contribution in [-0.4, -0.2) is 46.7 Å². The van der Waals surface area contributed by atoms with E-state index in [4.69, 9.17) is 12.2 Å². The van der Waals surface area contributed by atoms with Crippen LogP contribution in [0.3, 0.4) is 0 Å². The van der Waals surface area contributed by atoms with Crippen molar-refractivity contribution in [2.45, 2.75) is 6.42 Å². The van der Waals surface area contributed by atoms with Crippen LogP contribution in [0.25, 0.3) is 0 Å². The van der Waals surface area contributed by atoms with Gasteiger partial charge in [0.05, 0.1) is 0 Å². The van der Waals surface area contributed by atoms with Crippen LogP contribution >= 0.6 is 33.8 Å². The Hall–Kier alpha value is 1.12. The SMILES string of the molecule is CN1CCC[N+](C)=C(S[I-]Br)C1=S. The molecule has 2 nitrogen and oxygen atoms in total. The van der Waals surface area contributed by atoms with Crippen LogP contribution in [0.2, 0.25) is 0 Å². The number of hydrogen-bond donors (Lipinski definition) is 0. The quantitative estimate of drug-likeness (QED) is 0.311. The van der Waals surface area contributed by atoms with Crippen LogP contribution in [-0.2, 0) is 0 Å². The van der Waals surface area contributed by atoms with Crippen molar-refractivity contribution in [1.82, 2.24) is 4.90 Å². The topological polar surface area (TPSA) is 6.25 Å². The number of halogens is 2. The summed E-state index contributed by atoms with van der Waals surface area (Å²) < 4.78 is 2.28. The summed E-state index contributed by atoms with van der Waals surface area (Å²) in [5.74, 6) is 0. The molecule has 1 rings (SSSR count). The van der Waals surface area contributed by atoms with Crippen molar-refractivity contribution in [1.29, 1.82) is 0 Å². The van der Waals surface area contributed by atoms with E-state index in [1.807, 2.05) is 8.93 Å². The average molecular weight is 395 g/mol. The molecular weight excluding hydrogens is 383 g/mol. The summed E-state index contributed by atoms with van der Waals surface area (Å²) in [4.78, 5) is 3.18. The normalized spacial score (nSPS) is 19.6. The second-order valence-corrected chi connectivity index (χ2v) is 11.2. The molecular formula is C7H12BrIN2S2. The van der Waals surface area contributed by atoms with Crippen LogP contribution in [0.4, 0.5) is 0 Å². The minimum absolute atomic E-state index is 0.0325. The van der Waals surface area contributed by atoms with Gasteiger partial charge in [0.2, 0.25) is 0 Å². The van der Waals surface area contributed by atoms with Crippen molar-refractivity contribution in [3.8, 4) is 0 Å². The first-order chi connectivity index (χ1) is 6.16. The molecule has 76 valence electrons. The number of nitrogens with zero attached hydrogens (tertiary/aromatic N) is 2. The molecule has 1 heterocycles. The van der Waals surface area contributed by atoms with Gasteiger partial charge in [0, 0.05) is 0 Å². The fourth-order valence-corrected chi connectivity index (χ4v) is 6.94. The second-order valence-electron chi connectivity index (χ2n) is 2.94. The van der Waals surface area contributed by atoms with E-state index >= 15 is 0 Å². The summed E-state index contributed by atoms with van der Waals surface area (Å²) in [6, 6.07) is 0. The summed E-state index contributed by atoms with van der Waals surface area (Å²) in [5, 5.41) is 1.26. The van der Waals surface area contributed by atoms with Gasteiger partial charge in [-0.2, -0.15) is 0 Å². The fourth-order valence-electron chi connectivity index (χ4n) is 1.19. The Bertz CT molecular complexity index is 245. The van der Waals surface area contributed by atoms with E-state index in [0.717, 1.165) is 18.1 Å². The zero-order valence-electron chi connectivity index (χ0n) is 7.59. The molecule has 0 unspecified atom stereocenters. The van der Waals surface area contributed by atoms with Crippen LogP contribution in [0, 0.1) is 0 Å². The Morgan fingerprint density at radius 1 is 1.69 bits per heavy atom. The molecule has 0 radical (unpaired) electrons. The van der Waals surface area contributed by atoms with E-state index in [1.165, 1.54) is 11.5 Å². The average Bonchev–Trinajstić information content (AvgIpc) is 2.21. The van der Waals surface area contributed by atoms with Gasteiger partial charge in [-0.05, 0) is 0 Å². The predicted molar refractivity (Wildman–Crippen MR) is 62.4 cm³/mol. The second kappa shape index (κ2) is 5.87. The first-order valence-corrected chi connectivity index (χ1v) is 12.5. The van der Waals surface area contributed by atoms with Gasteiger partial charge in [-0.3, -0.25) is 0 Å². The maximum atomic E-state index is 5.40. The van der Waals surface area contributed by atoms with Gasteiger partial charge in [0.1, 0.15) is 0 Å². The van der Waals surface area contributed by atoms with Crippen LogP contribution in [0.15, 0.2) is 0 Å². The first-order valence-electron chi connectivity index (χ1n) is 3.93. The molecule has 0 saturated heterocycles. The molecule has 1 aliphatic rings. The third-order valence-corrected chi connectivity index (χ3v) is 7.52. The van der Waals surface area contributed by atoms with Crippen molar-refractivity contribution in [3.05, 3.63) is 0 Å². The summed E-state index contributed by atoms with van der Waals surface area (Å²) in [5.41, 5.74) is 0. The van der Waals surface area contributed by atoms with Crippen molar-refractivity contribution in [3.63, 3.8) is 0 Å². The van der Waals surface area contributed by atoms with Crippen molar-refractivity contribution in [2.24, 2.45) is 0 Å². The summed E-state index contributed by atoms with van der Waals surface area (Å²) >= 11 is 8.97. The predicted octanol–water partition coefficient (Wildman–Crippen LogP) is -1.26. The molecule has 0 spiro atoms. The molecule has 0 N–H and O–H groups in total. The van der Waals surface area contributed by atoms with Gasteiger partial charge < -0.3 is 0 Å². The molecule has 13 heavy (non-hydrogen) atoms. The molecule has 0 atom stereocenters. The van der Waals surface area contributed by atoms with Crippen LogP contribution < -0.4 is 17.6 Å². The standard InChI is InChI=1S/C7H12BrIN2S2/c1-10-4-3-5-11(2)7(6(10)12)13-9-8/h3-5H2,1-2H3. The van der Waals surface area contributed by atoms with E-state index in [2.05, 4.69) is 36.3 Å². The van der Waals surface area contributed by atoms with Gasteiger partial charge >= 0.3 is 105 Å². The van der Waals surface area contributed by atoms with Gasteiger partial charge in [-0.15, -0.1) is 0 Å². The van der Waals surface area contributed by atoms with E-state index in [0.29, 0.717) is 0 Å². The third kappa shape index (κ3) is 3.32. The summed E-state index contributed by atoms with van der Waals surface area (Å²) in [7, 11) is 6.08. The summed E-state index contributed by atoms with van der Waals surface area (Å²) in [6.45, 7) is 2.19. The van der Waals surface area contributed by atoms with Gasteiger partial charge in [-0.1, -0.05) is 0 Å². The first kappa shape index (κ1) is 12.2. The minimum atomic E-state index is 0.0325. The molecule has 0 saturated carbocycles. The Labute approximate surface area is 104 Å². The third-order valence-electron chi connectivity index (χ3n) is 1.97. The Morgan fingerprint density at radius 2 is 2.38 bits per heavy atom. The molecule has 0 aromatic heterocycles. The molecule has 1 aliphatic heterocycles. The molecule has 6 heteroatoms. The van der Waals surface area contributed by atoms with E-state index in [1.54, 1.807) is 0 Å². The van der Waals surface area contributed by atoms with Gasteiger partial charge in [0.15, 0.2) is 0 Å². The van der Waals surface area contributed by atoms with Crippen molar-refractivity contribution >= 4 is 43.9 Å². The van der Waals surface area contributed by atoms with Crippen molar-refractivity contribution in [2.75, 3.05) is 27.2 Å². The van der Waals surface area contributed by atoms with Gasteiger partial charge in [-0.25, -0.2) is 0 Å². The molecule has 0 amide bonds. The van der Waals surface area contributed by atoms with Crippen molar-refractivity contribution < 1.29 is 22.2 Å². The zero-order chi connectivity index (χ0) is 9.84. The number of thiocarbonyl (C=S) groups is 1. The Balaban J connectivity index is 2.85.